The molecule has 0 aromatic carbocycles. The second-order valence-electron chi connectivity index (χ2n) is 5.57. The molecule has 1 saturated heterocycles. The number of rotatable bonds is 6. The molecule has 1 heterocycles. The molecule has 0 radical (unpaired) electrons. The van der Waals surface area contributed by atoms with Crippen molar-refractivity contribution in [1.82, 2.24) is 15.1 Å². The van der Waals surface area contributed by atoms with Gasteiger partial charge in [-0.25, -0.2) is 0 Å². The summed E-state index contributed by atoms with van der Waals surface area (Å²) >= 11 is 0. The molecule has 1 aliphatic heterocycles. The Morgan fingerprint density at radius 1 is 1.00 bits per heavy atom. The minimum atomic E-state index is 0.709. The van der Waals surface area contributed by atoms with Crippen LogP contribution in [0.15, 0.2) is 0 Å². The number of nitrogens with zero attached hydrogens (tertiary/aromatic N) is 2. The third-order valence-corrected chi connectivity index (χ3v) is 3.29. The summed E-state index contributed by atoms with van der Waals surface area (Å²) in [7, 11) is 0. The smallest absolute Gasteiger partial charge is 0.0113 e. The Balaban J connectivity index is 2.04. The lowest BCUT2D eigenvalue weighted by Crippen LogP contribution is -2.50. The van der Waals surface area contributed by atoms with Crippen LogP contribution in [-0.4, -0.2) is 61.7 Å². The predicted octanol–water partition coefficient (Wildman–Crippen LogP) is 1.26. The van der Waals surface area contributed by atoms with Gasteiger partial charge >= 0.3 is 0 Å². The first-order valence-electron chi connectivity index (χ1n) is 6.76. The maximum Gasteiger partial charge on any atom is 0.0113 e. The van der Waals surface area contributed by atoms with Crippen LogP contribution in [0.2, 0.25) is 0 Å². The van der Waals surface area contributed by atoms with Crippen LogP contribution < -0.4 is 5.32 Å². The highest BCUT2D eigenvalue weighted by molar-refractivity contribution is 4.74. The molecule has 3 heteroatoms. The van der Waals surface area contributed by atoms with Crippen molar-refractivity contribution < 1.29 is 0 Å². The molecule has 16 heavy (non-hydrogen) atoms. The van der Waals surface area contributed by atoms with Gasteiger partial charge in [0.1, 0.15) is 0 Å². The van der Waals surface area contributed by atoms with Crippen LogP contribution in [-0.2, 0) is 0 Å². The Morgan fingerprint density at radius 2 is 1.62 bits per heavy atom. The van der Waals surface area contributed by atoms with Crippen LogP contribution in [0, 0.1) is 5.92 Å². The quantitative estimate of drug-likeness (QED) is 0.689. The number of hydrogen-bond donors (Lipinski definition) is 1. The first-order valence-corrected chi connectivity index (χ1v) is 6.76. The van der Waals surface area contributed by atoms with Gasteiger partial charge in [-0.05, 0) is 26.3 Å². The normalized spacial score (nSPS) is 19.9. The monoisotopic (exact) mass is 227 g/mol. The molecule has 1 aliphatic rings. The molecule has 96 valence electrons. The highest BCUT2D eigenvalue weighted by Gasteiger charge is 2.17. The molecule has 1 rings (SSSR count). The fourth-order valence-corrected chi connectivity index (χ4v) is 2.13. The molecule has 0 unspecified atom stereocenters. The number of nitrogens with one attached hydrogen (secondary N) is 1. The summed E-state index contributed by atoms with van der Waals surface area (Å²) in [6.07, 6.45) is 0. The summed E-state index contributed by atoms with van der Waals surface area (Å²) in [5.41, 5.74) is 0. The molecule has 0 aromatic rings. The van der Waals surface area contributed by atoms with Gasteiger partial charge in [0.05, 0.1) is 0 Å². The lowest BCUT2D eigenvalue weighted by Gasteiger charge is -2.36. The molecule has 0 amide bonds. The van der Waals surface area contributed by atoms with Gasteiger partial charge in [0.2, 0.25) is 0 Å². The molecule has 1 fully saturated rings. The third-order valence-electron chi connectivity index (χ3n) is 3.29. The summed E-state index contributed by atoms with van der Waals surface area (Å²) < 4.78 is 0. The van der Waals surface area contributed by atoms with Gasteiger partial charge < -0.3 is 5.32 Å². The summed E-state index contributed by atoms with van der Waals surface area (Å²) in [5.74, 6) is 0.762. The summed E-state index contributed by atoms with van der Waals surface area (Å²) in [5, 5.41) is 3.51. The SMILES string of the molecule is CC(C)CNCCN1CCN(C(C)C)CC1. The Bertz CT molecular complexity index is 172. The first kappa shape index (κ1) is 13.9. The van der Waals surface area contributed by atoms with Gasteiger partial charge in [-0.3, -0.25) is 9.80 Å². The number of hydrogen-bond acceptors (Lipinski definition) is 3. The zero-order valence-corrected chi connectivity index (χ0v) is 11.5. The van der Waals surface area contributed by atoms with Crippen molar-refractivity contribution in [3.63, 3.8) is 0 Å². The Morgan fingerprint density at radius 3 is 2.12 bits per heavy atom. The van der Waals surface area contributed by atoms with Gasteiger partial charge in [-0.15, -0.1) is 0 Å². The zero-order chi connectivity index (χ0) is 12.0. The molecule has 0 aromatic heterocycles. The first-order chi connectivity index (χ1) is 7.59. The Kier molecular flexibility index (Phi) is 6.32. The highest BCUT2D eigenvalue weighted by Crippen LogP contribution is 2.04. The van der Waals surface area contributed by atoms with E-state index in [-0.39, 0.29) is 0 Å². The molecular formula is C13H29N3. The lowest BCUT2D eigenvalue weighted by atomic mass is 10.2. The molecule has 3 nitrogen and oxygen atoms in total. The van der Waals surface area contributed by atoms with E-state index < -0.39 is 0 Å². The van der Waals surface area contributed by atoms with E-state index in [0.29, 0.717) is 6.04 Å². The van der Waals surface area contributed by atoms with Crippen molar-refractivity contribution in [2.75, 3.05) is 45.8 Å². The highest BCUT2D eigenvalue weighted by atomic mass is 15.3. The Hall–Kier alpha value is -0.120. The van der Waals surface area contributed by atoms with Crippen LogP contribution in [0.25, 0.3) is 0 Å². The van der Waals surface area contributed by atoms with E-state index in [2.05, 4.69) is 42.8 Å². The van der Waals surface area contributed by atoms with Crippen LogP contribution in [0.3, 0.4) is 0 Å². The largest absolute Gasteiger partial charge is 0.315 e. The molecule has 1 N–H and O–H groups in total. The molecule has 0 spiro atoms. The predicted molar refractivity (Wildman–Crippen MR) is 70.9 cm³/mol. The van der Waals surface area contributed by atoms with Gasteiger partial charge in [-0.2, -0.15) is 0 Å². The minimum Gasteiger partial charge on any atom is -0.315 e. The van der Waals surface area contributed by atoms with Crippen LogP contribution in [0.1, 0.15) is 27.7 Å². The molecular weight excluding hydrogens is 198 g/mol. The molecule has 0 aliphatic carbocycles. The minimum absolute atomic E-state index is 0.709. The van der Waals surface area contributed by atoms with Gasteiger partial charge in [0, 0.05) is 45.3 Å². The van der Waals surface area contributed by atoms with Crippen molar-refractivity contribution in [2.24, 2.45) is 5.92 Å². The lowest BCUT2D eigenvalue weighted by molar-refractivity contribution is 0.109. The molecule has 0 bridgehead atoms. The third kappa shape index (κ3) is 5.28. The maximum atomic E-state index is 3.51. The van der Waals surface area contributed by atoms with E-state index in [1.54, 1.807) is 0 Å². The average Bonchev–Trinajstić information content (AvgIpc) is 2.25. The van der Waals surface area contributed by atoms with Gasteiger partial charge in [0.25, 0.3) is 0 Å². The van der Waals surface area contributed by atoms with E-state index in [0.717, 1.165) is 19.0 Å². The summed E-state index contributed by atoms with van der Waals surface area (Å²) in [6, 6.07) is 0.709. The maximum absolute atomic E-state index is 3.51. The van der Waals surface area contributed by atoms with Crippen molar-refractivity contribution >= 4 is 0 Å². The van der Waals surface area contributed by atoms with Crippen molar-refractivity contribution in [2.45, 2.75) is 33.7 Å². The van der Waals surface area contributed by atoms with E-state index in [9.17, 15) is 0 Å². The van der Waals surface area contributed by atoms with Crippen LogP contribution in [0.5, 0.6) is 0 Å². The van der Waals surface area contributed by atoms with E-state index in [4.69, 9.17) is 0 Å². The van der Waals surface area contributed by atoms with Gasteiger partial charge in [0.15, 0.2) is 0 Å². The second-order valence-corrected chi connectivity index (χ2v) is 5.57. The summed E-state index contributed by atoms with van der Waals surface area (Å²) in [4.78, 5) is 5.14. The average molecular weight is 227 g/mol. The van der Waals surface area contributed by atoms with Crippen LogP contribution in [0.4, 0.5) is 0 Å². The zero-order valence-electron chi connectivity index (χ0n) is 11.5. The molecule has 0 atom stereocenters. The Labute approximate surface area is 101 Å². The van der Waals surface area contributed by atoms with Crippen molar-refractivity contribution in [3.8, 4) is 0 Å². The van der Waals surface area contributed by atoms with E-state index in [1.165, 1.54) is 32.7 Å². The van der Waals surface area contributed by atoms with Gasteiger partial charge in [-0.1, -0.05) is 13.8 Å². The van der Waals surface area contributed by atoms with Crippen molar-refractivity contribution in [1.29, 1.82) is 0 Å². The standard InChI is InChI=1S/C13H29N3/c1-12(2)11-14-5-6-15-7-9-16(10-8-15)13(3)4/h12-14H,5-11H2,1-4H3. The topological polar surface area (TPSA) is 18.5 Å². The fraction of sp³-hybridized carbons (Fsp3) is 1.00. The summed E-state index contributed by atoms with van der Waals surface area (Å²) in [6.45, 7) is 17.5. The van der Waals surface area contributed by atoms with E-state index >= 15 is 0 Å². The van der Waals surface area contributed by atoms with E-state index in [1.807, 2.05) is 0 Å². The second kappa shape index (κ2) is 7.25. The number of piperazine rings is 1. The molecule has 0 saturated carbocycles. The van der Waals surface area contributed by atoms with Crippen molar-refractivity contribution in [3.05, 3.63) is 0 Å². The fourth-order valence-electron chi connectivity index (χ4n) is 2.13. The van der Waals surface area contributed by atoms with Crippen LogP contribution >= 0.6 is 0 Å².